The number of benzene rings is 1. The molecule has 1 atom stereocenters. The Morgan fingerprint density at radius 2 is 1.87 bits per heavy atom. The zero-order valence-corrected chi connectivity index (χ0v) is 10.4. The maximum atomic E-state index is 10.2. The normalized spacial score (nSPS) is 13.2. The molecular formula is C13H19ClO. The molecular weight excluding hydrogens is 208 g/mol. The molecule has 0 aliphatic carbocycles. The van der Waals surface area contributed by atoms with Gasteiger partial charge in [-0.2, -0.15) is 0 Å². The minimum Gasteiger partial charge on any atom is -0.388 e. The molecule has 1 N–H and O–H groups in total. The molecule has 1 aromatic carbocycles. The van der Waals surface area contributed by atoms with Gasteiger partial charge in [0.25, 0.3) is 0 Å². The molecule has 1 rings (SSSR count). The van der Waals surface area contributed by atoms with E-state index in [1.54, 1.807) is 0 Å². The average Bonchev–Trinajstić information content (AvgIpc) is 2.19. The van der Waals surface area contributed by atoms with Gasteiger partial charge in [0.15, 0.2) is 0 Å². The SMILES string of the molecule is CCC(CC)C(O)c1ccc(Cl)cc1C. The van der Waals surface area contributed by atoms with Gasteiger partial charge in [0.05, 0.1) is 6.10 Å². The third-order valence-electron chi connectivity index (χ3n) is 3.05. The Morgan fingerprint density at radius 3 is 2.33 bits per heavy atom. The molecule has 0 fully saturated rings. The highest BCUT2D eigenvalue weighted by molar-refractivity contribution is 6.30. The Bertz CT molecular complexity index is 318. The molecule has 0 saturated carbocycles. The molecule has 0 aliphatic heterocycles. The first-order chi connectivity index (χ1) is 7.10. The van der Waals surface area contributed by atoms with Crippen molar-refractivity contribution in [3.8, 4) is 0 Å². The van der Waals surface area contributed by atoms with Crippen LogP contribution in [0.4, 0.5) is 0 Å². The number of hydrogen-bond acceptors (Lipinski definition) is 1. The molecule has 0 amide bonds. The summed E-state index contributed by atoms with van der Waals surface area (Å²) in [6, 6.07) is 5.68. The van der Waals surface area contributed by atoms with Gasteiger partial charge in [0.1, 0.15) is 0 Å². The number of hydrogen-bond donors (Lipinski definition) is 1. The van der Waals surface area contributed by atoms with Crippen molar-refractivity contribution in [3.05, 3.63) is 34.3 Å². The second-order valence-corrected chi connectivity index (χ2v) is 4.46. The summed E-state index contributed by atoms with van der Waals surface area (Å²) >= 11 is 5.89. The molecule has 0 spiro atoms. The molecule has 1 unspecified atom stereocenters. The standard InChI is InChI=1S/C13H19ClO/c1-4-10(5-2)13(15)12-7-6-11(14)8-9(12)3/h6-8,10,13,15H,4-5H2,1-3H3. The Hall–Kier alpha value is -0.530. The molecule has 0 bridgehead atoms. The fraction of sp³-hybridized carbons (Fsp3) is 0.538. The third-order valence-corrected chi connectivity index (χ3v) is 3.28. The third kappa shape index (κ3) is 2.96. The van der Waals surface area contributed by atoms with Crippen LogP contribution < -0.4 is 0 Å². The van der Waals surface area contributed by atoms with Crippen molar-refractivity contribution < 1.29 is 5.11 Å². The van der Waals surface area contributed by atoms with E-state index >= 15 is 0 Å². The van der Waals surface area contributed by atoms with Gasteiger partial charge < -0.3 is 5.11 Å². The van der Waals surface area contributed by atoms with E-state index in [1.165, 1.54) is 0 Å². The van der Waals surface area contributed by atoms with Crippen molar-refractivity contribution in [1.82, 2.24) is 0 Å². The van der Waals surface area contributed by atoms with Gasteiger partial charge in [0.2, 0.25) is 0 Å². The van der Waals surface area contributed by atoms with E-state index in [0.717, 1.165) is 29.0 Å². The maximum Gasteiger partial charge on any atom is 0.0820 e. The largest absolute Gasteiger partial charge is 0.388 e. The van der Waals surface area contributed by atoms with Gasteiger partial charge in [-0.1, -0.05) is 44.4 Å². The van der Waals surface area contributed by atoms with Crippen LogP contribution in [0.3, 0.4) is 0 Å². The van der Waals surface area contributed by atoms with Crippen LogP contribution in [0.15, 0.2) is 18.2 Å². The summed E-state index contributed by atoms with van der Waals surface area (Å²) in [6.45, 7) is 6.22. The van der Waals surface area contributed by atoms with Crippen LogP contribution in [0.2, 0.25) is 5.02 Å². The van der Waals surface area contributed by atoms with Gasteiger partial charge in [-0.05, 0) is 36.1 Å². The Morgan fingerprint density at radius 1 is 1.27 bits per heavy atom. The van der Waals surface area contributed by atoms with Gasteiger partial charge >= 0.3 is 0 Å². The summed E-state index contributed by atoms with van der Waals surface area (Å²) in [7, 11) is 0. The summed E-state index contributed by atoms with van der Waals surface area (Å²) in [5, 5.41) is 10.9. The molecule has 15 heavy (non-hydrogen) atoms. The van der Waals surface area contributed by atoms with Crippen LogP contribution in [0.1, 0.15) is 43.9 Å². The van der Waals surface area contributed by atoms with Crippen LogP contribution >= 0.6 is 11.6 Å². The first-order valence-corrected chi connectivity index (χ1v) is 5.92. The smallest absolute Gasteiger partial charge is 0.0820 e. The van der Waals surface area contributed by atoms with Crippen LogP contribution in [0.25, 0.3) is 0 Å². The average molecular weight is 227 g/mol. The summed E-state index contributed by atoms with van der Waals surface area (Å²) in [6.07, 6.45) is 1.64. The van der Waals surface area contributed by atoms with Gasteiger partial charge in [-0.25, -0.2) is 0 Å². The fourth-order valence-electron chi connectivity index (χ4n) is 1.96. The molecule has 2 heteroatoms. The summed E-state index contributed by atoms with van der Waals surface area (Å²) in [4.78, 5) is 0. The lowest BCUT2D eigenvalue weighted by molar-refractivity contribution is 0.103. The molecule has 0 saturated heterocycles. The summed E-state index contributed by atoms with van der Waals surface area (Å²) in [5.74, 6) is 0.338. The van der Waals surface area contributed by atoms with E-state index in [4.69, 9.17) is 11.6 Å². The quantitative estimate of drug-likeness (QED) is 0.819. The lowest BCUT2D eigenvalue weighted by Crippen LogP contribution is -2.12. The number of halogens is 1. The number of rotatable bonds is 4. The number of aliphatic hydroxyl groups excluding tert-OH is 1. The minimum atomic E-state index is -0.364. The molecule has 0 heterocycles. The Balaban J connectivity index is 2.94. The van der Waals surface area contributed by atoms with Crippen molar-refractivity contribution in [1.29, 1.82) is 0 Å². The highest BCUT2D eigenvalue weighted by Gasteiger charge is 2.18. The van der Waals surface area contributed by atoms with E-state index in [-0.39, 0.29) is 6.10 Å². The summed E-state index contributed by atoms with van der Waals surface area (Å²) in [5.41, 5.74) is 2.08. The Labute approximate surface area is 97.1 Å². The highest BCUT2D eigenvalue weighted by Crippen LogP contribution is 2.30. The van der Waals surface area contributed by atoms with Crippen molar-refractivity contribution in [2.24, 2.45) is 5.92 Å². The monoisotopic (exact) mass is 226 g/mol. The van der Waals surface area contributed by atoms with Gasteiger partial charge in [0, 0.05) is 5.02 Å². The fourth-order valence-corrected chi connectivity index (χ4v) is 2.19. The molecule has 0 aliphatic rings. The maximum absolute atomic E-state index is 10.2. The zero-order valence-electron chi connectivity index (χ0n) is 9.63. The zero-order chi connectivity index (χ0) is 11.4. The molecule has 0 aromatic heterocycles. The molecule has 0 radical (unpaired) electrons. The van der Waals surface area contributed by atoms with Crippen molar-refractivity contribution in [2.45, 2.75) is 39.7 Å². The lowest BCUT2D eigenvalue weighted by Gasteiger charge is -2.22. The van der Waals surface area contributed by atoms with E-state index in [0.29, 0.717) is 5.92 Å². The van der Waals surface area contributed by atoms with Crippen LogP contribution in [-0.4, -0.2) is 5.11 Å². The summed E-state index contributed by atoms with van der Waals surface area (Å²) < 4.78 is 0. The van der Waals surface area contributed by atoms with Gasteiger partial charge in [-0.15, -0.1) is 0 Å². The minimum absolute atomic E-state index is 0.338. The molecule has 84 valence electrons. The number of aliphatic hydroxyl groups is 1. The second-order valence-electron chi connectivity index (χ2n) is 4.02. The van der Waals surface area contributed by atoms with E-state index in [1.807, 2.05) is 25.1 Å². The first-order valence-electron chi connectivity index (χ1n) is 5.54. The van der Waals surface area contributed by atoms with E-state index < -0.39 is 0 Å². The Kier molecular flexibility index (Phi) is 4.62. The van der Waals surface area contributed by atoms with Crippen LogP contribution in [-0.2, 0) is 0 Å². The first kappa shape index (κ1) is 12.5. The van der Waals surface area contributed by atoms with Gasteiger partial charge in [-0.3, -0.25) is 0 Å². The van der Waals surface area contributed by atoms with E-state index in [2.05, 4.69) is 13.8 Å². The van der Waals surface area contributed by atoms with Crippen LogP contribution in [0.5, 0.6) is 0 Å². The number of aryl methyl sites for hydroxylation is 1. The van der Waals surface area contributed by atoms with Crippen molar-refractivity contribution in [3.63, 3.8) is 0 Å². The van der Waals surface area contributed by atoms with E-state index in [9.17, 15) is 5.11 Å². The van der Waals surface area contributed by atoms with Crippen LogP contribution in [0, 0.1) is 12.8 Å². The second kappa shape index (κ2) is 5.53. The van der Waals surface area contributed by atoms with Crippen molar-refractivity contribution in [2.75, 3.05) is 0 Å². The van der Waals surface area contributed by atoms with Crippen molar-refractivity contribution >= 4 is 11.6 Å². The highest BCUT2D eigenvalue weighted by atomic mass is 35.5. The lowest BCUT2D eigenvalue weighted by atomic mass is 9.89. The predicted octanol–water partition coefficient (Wildman–Crippen LogP) is 4.12. The molecule has 1 nitrogen and oxygen atoms in total. The topological polar surface area (TPSA) is 20.2 Å². The molecule has 1 aromatic rings. The predicted molar refractivity (Wildman–Crippen MR) is 65.2 cm³/mol.